The number of rotatable bonds is 4. The lowest BCUT2D eigenvalue weighted by molar-refractivity contribution is 0.145. The minimum Gasteiger partial charge on any atom is -0.492 e. The summed E-state index contributed by atoms with van der Waals surface area (Å²) >= 11 is 0. The van der Waals surface area contributed by atoms with E-state index in [1.165, 1.54) is 0 Å². The third kappa shape index (κ3) is 4.46. The van der Waals surface area contributed by atoms with Crippen molar-refractivity contribution >= 4 is 33.5 Å². The number of amidine groups is 1. The van der Waals surface area contributed by atoms with E-state index in [0.29, 0.717) is 42.4 Å². The fourth-order valence-corrected chi connectivity index (χ4v) is 4.41. The summed E-state index contributed by atoms with van der Waals surface area (Å²) < 4.78 is 35.2. The molecule has 0 radical (unpaired) electrons. The van der Waals surface area contributed by atoms with Gasteiger partial charge in [0.1, 0.15) is 5.75 Å². The highest BCUT2D eigenvalue weighted by Gasteiger charge is 2.27. The number of benzene rings is 1. The van der Waals surface area contributed by atoms with E-state index in [-0.39, 0.29) is 17.8 Å². The van der Waals surface area contributed by atoms with Gasteiger partial charge < -0.3 is 20.7 Å². The largest absolute Gasteiger partial charge is 0.492 e. The average molecular weight is 430 g/mol. The Labute approximate surface area is 174 Å². The number of nitrogens with two attached hydrogens (primary N) is 1. The molecule has 1 fully saturated rings. The summed E-state index contributed by atoms with van der Waals surface area (Å²) in [5, 5.41) is 2.87. The maximum absolute atomic E-state index is 12.5. The average Bonchev–Trinajstić information content (AvgIpc) is 2.72. The van der Waals surface area contributed by atoms with E-state index < -0.39 is 10.2 Å². The zero-order valence-electron chi connectivity index (χ0n) is 16.1. The maximum Gasteiger partial charge on any atom is 0.344 e. The number of likely N-dealkylation sites (tertiary alicyclic amines) is 1. The fourth-order valence-electron chi connectivity index (χ4n) is 3.57. The minimum atomic E-state index is -3.84. The van der Waals surface area contributed by atoms with E-state index in [1.54, 1.807) is 47.6 Å². The summed E-state index contributed by atoms with van der Waals surface area (Å²) in [5.74, 6) is 0.479. The van der Waals surface area contributed by atoms with Gasteiger partial charge in [0.25, 0.3) is 0 Å². The molecule has 4 N–H and O–H groups in total. The molecule has 2 aliphatic rings. The van der Waals surface area contributed by atoms with Crippen LogP contribution in [0.1, 0.15) is 18.4 Å². The summed E-state index contributed by atoms with van der Waals surface area (Å²) in [6.07, 6.45) is 5.04. The smallest absolute Gasteiger partial charge is 0.344 e. The van der Waals surface area contributed by atoms with Crippen LogP contribution in [0.4, 0.5) is 16.2 Å². The normalized spacial score (nSPS) is 19.8. The van der Waals surface area contributed by atoms with E-state index in [1.807, 2.05) is 0 Å². The van der Waals surface area contributed by atoms with Crippen LogP contribution < -0.4 is 20.5 Å². The highest BCUT2D eigenvalue weighted by molar-refractivity contribution is 7.91. The Morgan fingerprint density at radius 3 is 2.90 bits per heavy atom. The van der Waals surface area contributed by atoms with Crippen LogP contribution in [0.15, 0.2) is 47.1 Å². The number of fused-ring (bicyclic) bond motifs is 1. The molecule has 30 heavy (non-hydrogen) atoms. The van der Waals surface area contributed by atoms with Crippen LogP contribution in [0.25, 0.3) is 0 Å². The van der Waals surface area contributed by atoms with Crippen LogP contribution in [-0.4, -0.2) is 49.9 Å². The zero-order chi connectivity index (χ0) is 21.1. The number of hydrogen-bond acceptors (Lipinski definition) is 6. The minimum absolute atomic E-state index is 0.110. The lowest BCUT2D eigenvalue weighted by Gasteiger charge is -2.33. The number of anilines is 2. The number of urea groups is 1. The molecule has 2 aromatic rings. The number of piperidine rings is 1. The Hall–Kier alpha value is -3.34. The van der Waals surface area contributed by atoms with Gasteiger partial charge in [-0.3, -0.25) is 9.71 Å². The van der Waals surface area contributed by atoms with Gasteiger partial charge in [-0.15, -0.1) is 4.40 Å². The molecule has 4 rings (SSSR count). The van der Waals surface area contributed by atoms with E-state index >= 15 is 0 Å². The number of carbonyl (C=O) groups is 1. The summed E-state index contributed by atoms with van der Waals surface area (Å²) in [6, 6.07) is 8.33. The second kappa shape index (κ2) is 8.19. The number of nitrogens with zero attached hydrogens (tertiary/aromatic N) is 3. The van der Waals surface area contributed by atoms with Gasteiger partial charge in [-0.25, -0.2) is 4.79 Å². The van der Waals surface area contributed by atoms with E-state index in [2.05, 4.69) is 19.4 Å². The van der Waals surface area contributed by atoms with Gasteiger partial charge in [0.15, 0.2) is 5.84 Å². The van der Waals surface area contributed by atoms with Gasteiger partial charge in [-0.2, -0.15) is 8.42 Å². The van der Waals surface area contributed by atoms with Crippen molar-refractivity contribution in [1.82, 2.24) is 9.88 Å². The zero-order valence-corrected chi connectivity index (χ0v) is 16.9. The number of aromatic nitrogens is 1. The van der Waals surface area contributed by atoms with E-state index in [9.17, 15) is 13.2 Å². The first kappa shape index (κ1) is 20.0. The third-order valence-electron chi connectivity index (χ3n) is 4.95. The Morgan fingerprint density at radius 1 is 1.30 bits per heavy atom. The number of amides is 2. The summed E-state index contributed by atoms with van der Waals surface area (Å²) in [7, 11) is -3.84. The van der Waals surface area contributed by atoms with Crippen molar-refractivity contribution in [1.29, 1.82) is 0 Å². The Kier molecular flexibility index (Phi) is 5.44. The molecule has 2 amide bonds. The van der Waals surface area contributed by atoms with Crippen molar-refractivity contribution in [3.8, 4) is 5.75 Å². The second-order valence-electron chi connectivity index (χ2n) is 7.16. The molecule has 0 spiro atoms. The molecule has 0 aliphatic carbocycles. The molecule has 1 saturated heterocycles. The highest BCUT2D eigenvalue weighted by atomic mass is 32.2. The van der Waals surface area contributed by atoms with Crippen LogP contribution in [0.2, 0.25) is 0 Å². The molecule has 10 nitrogen and oxygen atoms in total. The molecule has 11 heteroatoms. The lowest BCUT2D eigenvalue weighted by atomic mass is 9.99. The molecule has 3 heterocycles. The molecule has 1 aromatic heterocycles. The molecule has 158 valence electrons. The van der Waals surface area contributed by atoms with Crippen molar-refractivity contribution in [2.75, 3.05) is 29.7 Å². The highest BCUT2D eigenvalue weighted by Crippen LogP contribution is 2.31. The van der Waals surface area contributed by atoms with E-state index in [4.69, 9.17) is 10.5 Å². The van der Waals surface area contributed by atoms with Gasteiger partial charge >= 0.3 is 16.2 Å². The number of nitrogens with one attached hydrogen (secondary N) is 2. The summed E-state index contributed by atoms with van der Waals surface area (Å²) in [5.41, 5.74) is 7.31. The topological polar surface area (TPSA) is 139 Å². The first-order valence-corrected chi connectivity index (χ1v) is 11.0. The Morgan fingerprint density at radius 2 is 2.10 bits per heavy atom. The standard InChI is InChI=1S/C19H22N6O4S/c20-18-17-15(23-30(27,28)24-18)4-1-5-16(17)29-12-13-3-2-10-25(11-13)19(26)22-14-6-8-21-9-7-14/h1,4-9,13,23H,2-3,10-12H2,(H2,20,24)(H,21,22,26). The second-order valence-corrected chi connectivity index (χ2v) is 8.50. The van der Waals surface area contributed by atoms with Gasteiger partial charge in [0, 0.05) is 37.1 Å². The third-order valence-corrected chi connectivity index (χ3v) is 5.87. The molecular weight excluding hydrogens is 408 g/mol. The Balaban J connectivity index is 1.40. The molecule has 1 aromatic carbocycles. The SMILES string of the molecule is NC1=NS(=O)(=O)Nc2cccc(OCC3CCCN(C(=O)Nc4ccncc4)C3)c21. The van der Waals surface area contributed by atoms with Gasteiger partial charge in [0.05, 0.1) is 17.9 Å². The number of pyridine rings is 1. The molecular formula is C19H22N6O4S. The van der Waals surface area contributed by atoms with Crippen LogP contribution >= 0.6 is 0 Å². The summed E-state index contributed by atoms with van der Waals surface area (Å²) in [6.45, 7) is 1.60. The van der Waals surface area contributed by atoms with Crippen molar-refractivity contribution in [2.24, 2.45) is 16.0 Å². The van der Waals surface area contributed by atoms with Crippen LogP contribution in [-0.2, 0) is 10.2 Å². The maximum atomic E-state index is 12.5. The Bertz CT molecular complexity index is 1070. The van der Waals surface area contributed by atoms with Crippen LogP contribution in [0.3, 0.4) is 0 Å². The van der Waals surface area contributed by atoms with Crippen LogP contribution in [0, 0.1) is 5.92 Å². The number of carbonyl (C=O) groups excluding carboxylic acids is 1. The first-order chi connectivity index (χ1) is 14.4. The molecule has 2 aliphatic heterocycles. The van der Waals surface area contributed by atoms with Crippen LogP contribution in [0.5, 0.6) is 5.75 Å². The predicted octanol–water partition coefficient (Wildman–Crippen LogP) is 1.78. The van der Waals surface area contributed by atoms with Crippen molar-refractivity contribution in [2.45, 2.75) is 12.8 Å². The molecule has 1 unspecified atom stereocenters. The molecule has 1 atom stereocenters. The van der Waals surface area contributed by atoms with Gasteiger partial charge in [-0.1, -0.05) is 6.07 Å². The monoisotopic (exact) mass is 430 g/mol. The first-order valence-electron chi connectivity index (χ1n) is 9.51. The lowest BCUT2D eigenvalue weighted by Crippen LogP contribution is -2.43. The van der Waals surface area contributed by atoms with Gasteiger partial charge in [0.2, 0.25) is 0 Å². The number of ether oxygens (including phenoxy) is 1. The van der Waals surface area contributed by atoms with Crippen molar-refractivity contribution in [3.05, 3.63) is 48.3 Å². The molecule has 0 saturated carbocycles. The van der Waals surface area contributed by atoms with E-state index in [0.717, 1.165) is 12.8 Å². The van der Waals surface area contributed by atoms with Crippen molar-refractivity contribution < 1.29 is 17.9 Å². The molecule has 0 bridgehead atoms. The predicted molar refractivity (Wildman–Crippen MR) is 113 cm³/mol. The fraction of sp³-hybridized carbons (Fsp3) is 0.316. The summed E-state index contributed by atoms with van der Waals surface area (Å²) in [4.78, 5) is 18.2. The quantitative estimate of drug-likeness (QED) is 0.676. The van der Waals surface area contributed by atoms with Crippen molar-refractivity contribution in [3.63, 3.8) is 0 Å². The number of hydrogen-bond donors (Lipinski definition) is 3. The van der Waals surface area contributed by atoms with Gasteiger partial charge in [-0.05, 0) is 37.1 Å².